The molecular formula is C16H21N5O. The number of rotatable bonds is 8. The fraction of sp³-hybridized carbons (Fsp3) is 0.438. The molecule has 6 heteroatoms. The summed E-state index contributed by atoms with van der Waals surface area (Å²) < 4.78 is 0. The highest BCUT2D eigenvalue weighted by molar-refractivity contribution is 5.13. The number of hydrogen-bond acceptors (Lipinski definition) is 3. The number of azide groups is 1. The van der Waals surface area contributed by atoms with Crippen molar-refractivity contribution in [3.63, 3.8) is 0 Å². The minimum absolute atomic E-state index is 0.265. The average molecular weight is 299 g/mol. The Labute approximate surface area is 130 Å². The van der Waals surface area contributed by atoms with E-state index < -0.39 is 0 Å². The fourth-order valence-corrected chi connectivity index (χ4v) is 2.52. The van der Waals surface area contributed by atoms with Crippen LogP contribution in [-0.2, 0) is 6.61 Å². The first-order chi connectivity index (χ1) is 10.8. The van der Waals surface area contributed by atoms with E-state index in [9.17, 15) is 0 Å². The molecule has 0 saturated carbocycles. The van der Waals surface area contributed by atoms with Crippen LogP contribution in [-0.4, -0.2) is 9.94 Å². The molecule has 0 saturated heterocycles. The molecule has 0 spiro atoms. The fourth-order valence-electron chi connectivity index (χ4n) is 2.52. The van der Waals surface area contributed by atoms with Gasteiger partial charge in [0.25, 0.3) is 0 Å². The Bertz CT molecular complexity index is 614. The van der Waals surface area contributed by atoms with Crippen LogP contribution in [0.1, 0.15) is 44.0 Å². The molecule has 2 aromatic rings. The Balaban J connectivity index is 2.17. The molecule has 1 aromatic carbocycles. The van der Waals surface area contributed by atoms with Crippen LogP contribution in [0.5, 0.6) is 0 Å². The van der Waals surface area contributed by atoms with E-state index in [1.807, 2.05) is 36.4 Å². The van der Waals surface area contributed by atoms with E-state index in [0.717, 1.165) is 24.1 Å². The van der Waals surface area contributed by atoms with Gasteiger partial charge in [0.2, 0.25) is 0 Å². The SMILES string of the molecule is CCC(CC)C(N=[N+]=[N-])c1ccnn1OCc1ccccc1. The standard InChI is InChI=1S/C16H21N5O/c1-3-14(4-2)16(19-20-17)15-10-11-18-21(15)22-12-13-8-6-5-7-9-13/h5-11,14,16H,3-4,12H2,1-2H3. The Kier molecular flexibility index (Phi) is 5.86. The van der Waals surface area contributed by atoms with Gasteiger partial charge in [0.05, 0.1) is 17.9 Å². The lowest BCUT2D eigenvalue weighted by Crippen LogP contribution is -2.20. The topological polar surface area (TPSA) is 75.8 Å². The van der Waals surface area contributed by atoms with Crippen LogP contribution in [0.15, 0.2) is 47.7 Å². The zero-order valence-electron chi connectivity index (χ0n) is 13.0. The zero-order valence-corrected chi connectivity index (χ0v) is 13.0. The zero-order chi connectivity index (χ0) is 15.8. The Morgan fingerprint density at radius 2 is 1.95 bits per heavy atom. The van der Waals surface area contributed by atoms with Crippen molar-refractivity contribution in [3.8, 4) is 0 Å². The molecule has 0 aliphatic heterocycles. The normalized spacial score (nSPS) is 12.0. The molecule has 1 atom stereocenters. The van der Waals surface area contributed by atoms with Crippen molar-refractivity contribution in [1.82, 2.24) is 9.94 Å². The highest BCUT2D eigenvalue weighted by Crippen LogP contribution is 2.30. The summed E-state index contributed by atoms with van der Waals surface area (Å²) in [6.07, 6.45) is 3.54. The van der Waals surface area contributed by atoms with Crippen LogP contribution < -0.4 is 4.84 Å². The number of nitrogens with zero attached hydrogens (tertiary/aromatic N) is 5. The number of aromatic nitrogens is 2. The van der Waals surface area contributed by atoms with Gasteiger partial charge >= 0.3 is 0 Å². The predicted molar refractivity (Wildman–Crippen MR) is 84.9 cm³/mol. The molecular weight excluding hydrogens is 278 g/mol. The van der Waals surface area contributed by atoms with E-state index in [1.165, 1.54) is 4.85 Å². The van der Waals surface area contributed by atoms with Crippen molar-refractivity contribution < 1.29 is 4.84 Å². The van der Waals surface area contributed by atoms with Gasteiger partial charge in [0, 0.05) is 4.91 Å². The first-order valence-corrected chi connectivity index (χ1v) is 7.55. The van der Waals surface area contributed by atoms with Crippen molar-refractivity contribution >= 4 is 0 Å². The van der Waals surface area contributed by atoms with Crippen LogP contribution in [0.3, 0.4) is 0 Å². The Hall–Kier alpha value is -2.46. The molecule has 2 rings (SSSR count). The summed E-state index contributed by atoms with van der Waals surface area (Å²) in [7, 11) is 0. The van der Waals surface area contributed by atoms with Crippen molar-refractivity contribution in [2.75, 3.05) is 0 Å². The summed E-state index contributed by atoms with van der Waals surface area (Å²) in [5.41, 5.74) is 10.7. The van der Waals surface area contributed by atoms with E-state index in [-0.39, 0.29) is 12.0 Å². The Morgan fingerprint density at radius 1 is 1.23 bits per heavy atom. The van der Waals surface area contributed by atoms with Crippen LogP contribution in [0, 0.1) is 5.92 Å². The second kappa shape index (κ2) is 8.10. The van der Waals surface area contributed by atoms with Crippen molar-refractivity contribution in [2.24, 2.45) is 11.0 Å². The Morgan fingerprint density at radius 3 is 2.59 bits per heavy atom. The van der Waals surface area contributed by atoms with Crippen LogP contribution in [0.2, 0.25) is 0 Å². The molecule has 22 heavy (non-hydrogen) atoms. The minimum atomic E-state index is -0.265. The monoisotopic (exact) mass is 299 g/mol. The van der Waals surface area contributed by atoms with E-state index in [4.69, 9.17) is 10.4 Å². The van der Waals surface area contributed by atoms with Gasteiger partial charge in [-0.15, -0.1) is 9.94 Å². The first-order valence-electron chi connectivity index (χ1n) is 7.55. The summed E-state index contributed by atoms with van der Waals surface area (Å²) in [6, 6.07) is 11.5. The minimum Gasteiger partial charge on any atom is -0.392 e. The maximum absolute atomic E-state index is 8.86. The van der Waals surface area contributed by atoms with Crippen molar-refractivity contribution in [1.29, 1.82) is 0 Å². The van der Waals surface area contributed by atoms with Crippen LogP contribution >= 0.6 is 0 Å². The molecule has 6 nitrogen and oxygen atoms in total. The third kappa shape index (κ3) is 3.80. The molecule has 0 N–H and O–H groups in total. The van der Waals surface area contributed by atoms with Gasteiger partial charge in [-0.3, -0.25) is 0 Å². The quantitative estimate of drug-likeness (QED) is 0.414. The lowest BCUT2D eigenvalue weighted by molar-refractivity contribution is 0.0591. The summed E-state index contributed by atoms with van der Waals surface area (Å²) >= 11 is 0. The molecule has 1 unspecified atom stereocenters. The molecule has 0 aliphatic rings. The molecule has 0 fully saturated rings. The average Bonchev–Trinajstić information content (AvgIpc) is 3.02. The molecule has 0 amide bonds. The van der Waals surface area contributed by atoms with Gasteiger partial charge < -0.3 is 4.84 Å². The number of benzene rings is 1. The molecule has 0 aliphatic carbocycles. The molecule has 1 heterocycles. The maximum atomic E-state index is 8.86. The number of hydrogen-bond donors (Lipinski definition) is 0. The maximum Gasteiger partial charge on any atom is 0.142 e. The lowest BCUT2D eigenvalue weighted by atomic mass is 9.92. The third-order valence-electron chi connectivity index (χ3n) is 3.81. The van der Waals surface area contributed by atoms with Gasteiger partial charge in [-0.2, -0.15) is 0 Å². The van der Waals surface area contributed by atoms with Gasteiger partial charge in [-0.1, -0.05) is 62.1 Å². The molecule has 0 radical (unpaired) electrons. The van der Waals surface area contributed by atoms with E-state index in [2.05, 4.69) is 29.0 Å². The van der Waals surface area contributed by atoms with Crippen LogP contribution in [0.25, 0.3) is 10.4 Å². The molecule has 0 bridgehead atoms. The van der Waals surface area contributed by atoms with Gasteiger partial charge in [-0.25, -0.2) is 0 Å². The highest BCUT2D eigenvalue weighted by atomic mass is 16.7. The second-order valence-corrected chi connectivity index (χ2v) is 5.11. The predicted octanol–water partition coefficient (Wildman–Crippen LogP) is 4.30. The summed E-state index contributed by atoms with van der Waals surface area (Å²) in [5.74, 6) is 0.270. The molecule has 116 valence electrons. The first kappa shape index (κ1) is 15.9. The van der Waals surface area contributed by atoms with Crippen LogP contribution in [0.4, 0.5) is 0 Å². The summed E-state index contributed by atoms with van der Waals surface area (Å²) in [5, 5.41) is 8.16. The van der Waals surface area contributed by atoms with E-state index in [0.29, 0.717) is 6.61 Å². The van der Waals surface area contributed by atoms with E-state index in [1.54, 1.807) is 6.20 Å². The van der Waals surface area contributed by atoms with Crippen molar-refractivity contribution in [3.05, 3.63) is 64.3 Å². The lowest BCUT2D eigenvalue weighted by Gasteiger charge is -2.21. The van der Waals surface area contributed by atoms with Gasteiger partial charge in [0.1, 0.15) is 6.61 Å². The summed E-state index contributed by atoms with van der Waals surface area (Å²) in [6.45, 7) is 4.61. The highest BCUT2D eigenvalue weighted by Gasteiger charge is 2.23. The summed E-state index contributed by atoms with van der Waals surface area (Å²) in [4.78, 5) is 10.2. The largest absolute Gasteiger partial charge is 0.392 e. The smallest absolute Gasteiger partial charge is 0.142 e. The van der Waals surface area contributed by atoms with Gasteiger partial charge in [-0.05, 0) is 23.1 Å². The molecule has 1 aromatic heterocycles. The third-order valence-corrected chi connectivity index (χ3v) is 3.81. The van der Waals surface area contributed by atoms with Gasteiger partial charge in [0.15, 0.2) is 0 Å². The second-order valence-electron chi connectivity index (χ2n) is 5.11. The van der Waals surface area contributed by atoms with E-state index >= 15 is 0 Å². The van der Waals surface area contributed by atoms with Crippen molar-refractivity contribution in [2.45, 2.75) is 39.3 Å².